The largest absolute Gasteiger partial charge is 0.393 e. The number of amides is 1. The lowest BCUT2D eigenvalue weighted by Crippen LogP contribution is -2.27. The third-order valence-corrected chi connectivity index (χ3v) is 1.78. The van der Waals surface area contributed by atoms with E-state index in [1.54, 1.807) is 19.2 Å². The zero-order valence-corrected chi connectivity index (χ0v) is 9.17. The van der Waals surface area contributed by atoms with Crippen molar-refractivity contribution in [3.63, 3.8) is 0 Å². The first-order chi connectivity index (χ1) is 7.08. The molecule has 0 aliphatic carbocycles. The molecule has 0 saturated carbocycles. The van der Waals surface area contributed by atoms with Gasteiger partial charge in [0.2, 0.25) is 5.91 Å². The van der Waals surface area contributed by atoms with Gasteiger partial charge in [0.05, 0.1) is 23.6 Å². The van der Waals surface area contributed by atoms with Gasteiger partial charge in [-0.3, -0.25) is 4.79 Å². The highest BCUT2D eigenvalue weighted by Gasteiger charge is 2.03. The Balaban J connectivity index is 2.43. The molecule has 1 heterocycles. The number of hydrogen-bond acceptors (Lipinski definition) is 4. The van der Waals surface area contributed by atoms with Gasteiger partial charge < -0.3 is 11.1 Å². The molecule has 0 radical (unpaired) electrons. The zero-order chi connectivity index (χ0) is 11.3. The van der Waals surface area contributed by atoms with Crippen LogP contribution in [0.25, 0.3) is 0 Å². The van der Waals surface area contributed by atoms with Gasteiger partial charge in [-0.2, -0.15) is 0 Å². The molecule has 0 aliphatic rings. The van der Waals surface area contributed by atoms with Crippen LogP contribution in [0.3, 0.4) is 0 Å². The number of hydrogen-bond donors (Lipinski definition) is 2. The summed E-state index contributed by atoms with van der Waals surface area (Å²) in [7, 11) is 0. The minimum atomic E-state index is -0.196. The third-order valence-electron chi connectivity index (χ3n) is 1.64. The van der Waals surface area contributed by atoms with Crippen LogP contribution < -0.4 is 11.1 Å². The first-order valence-electron chi connectivity index (χ1n) is 4.41. The molecule has 0 spiro atoms. The van der Waals surface area contributed by atoms with Crippen LogP contribution >= 0.6 is 12.2 Å². The Labute approximate surface area is 93.1 Å². The van der Waals surface area contributed by atoms with E-state index in [9.17, 15) is 4.79 Å². The quantitative estimate of drug-likeness (QED) is 0.708. The van der Waals surface area contributed by atoms with E-state index in [4.69, 9.17) is 5.73 Å². The lowest BCUT2D eigenvalue weighted by molar-refractivity contribution is -0.120. The first-order valence-corrected chi connectivity index (χ1v) is 4.82. The molecule has 1 rings (SSSR count). The highest BCUT2D eigenvalue weighted by atomic mass is 32.1. The highest BCUT2D eigenvalue weighted by Crippen LogP contribution is 1.94. The minimum Gasteiger partial charge on any atom is -0.393 e. The second-order valence-electron chi connectivity index (χ2n) is 3.02. The summed E-state index contributed by atoms with van der Waals surface area (Å²) in [6.45, 7) is 2.16. The summed E-state index contributed by atoms with van der Waals surface area (Å²) in [6.07, 6.45) is 1.72. The van der Waals surface area contributed by atoms with E-state index >= 15 is 0 Å². The summed E-state index contributed by atoms with van der Waals surface area (Å²) < 4.78 is 0. The Kier molecular flexibility index (Phi) is 4.11. The van der Waals surface area contributed by atoms with Gasteiger partial charge >= 0.3 is 0 Å². The standard InChI is InChI=1S/C9H12N4OS/c1-6-11-3-2-7(13-6)5-12-9(14)4-8(10)15/h2-3H,4-5H2,1H3,(H2,10,15)(H,12,14). The lowest BCUT2D eigenvalue weighted by atomic mass is 10.3. The summed E-state index contributed by atoms with van der Waals surface area (Å²) >= 11 is 4.61. The molecule has 5 nitrogen and oxygen atoms in total. The van der Waals surface area contributed by atoms with Crippen LogP contribution in [0.4, 0.5) is 0 Å². The van der Waals surface area contributed by atoms with Crippen molar-refractivity contribution >= 4 is 23.1 Å². The van der Waals surface area contributed by atoms with Crippen molar-refractivity contribution < 1.29 is 4.79 Å². The number of nitrogens with two attached hydrogens (primary N) is 1. The Bertz CT molecular complexity index is 380. The molecule has 6 heteroatoms. The Morgan fingerprint density at radius 1 is 1.67 bits per heavy atom. The molecule has 0 bridgehead atoms. The van der Waals surface area contributed by atoms with Gasteiger partial charge in [-0.25, -0.2) is 9.97 Å². The predicted molar refractivity (Wildman–Crippen MR) is 60.0 cm³/mol. The van der Waals surface area contributed by atoms with Crippen molar-refractivity contribution in [3.05, 3.63) is 23.8 Å². The molecule has 3 N–H and O–H groups in total. The average Bonchev–Trinajstić information content (AvgIpc) is 2.14. The van der Waals surface area contributed by atoms with E-state index in [0.29, 0.717) is 12.4 Å². The van der Waals surface area contributed by atoms with Gasteiger partial charge in [-0.1, -0.05) is 12.2 Å². The number of carbonyl (C=O) groups excluding carboxylic acids is 1. The number of rotatable bonds is 4. The molecular formula is C9H12N4OS. The summed E-state index contributed by atoms with van der Waals surface area (Å²) in [6, 6.07) is 1.74. The molecule has 0 aliphatic heterocycles. The molecule has 15 heavy (non-hydrogen) atoms. The van der Waals surface area contributed by atoms with Crippen LogP contribution in [-0.4, -0.2) is 20.9 Å². The number of aryl methyl sites for hydroxylation is 1. The molecular weight excluding hydrogens is 212 g/mol. The van der Waals surface area contributed by atoms with Crippen molar-refractivity contribution in [2.24, 2.45) is 5.73 Å². The molecule has 0 atom stereocenters. The fourth-order valence-corrected chi connectivity index (χ4v) is 1.14. The summed E-state index contributed by atoms with van der Waals surface area (Å²) in [5, 5.41) is 2.66. The van der Waals surface area contributed by atoms with E-state index in [-0.39, 0.29) is 17.3 Å². The van der Waals surface area contributed by atoms with Crippen LogP contribution in [0, 0.1) is 6.92 Å². The van der Waals surface area contributed by atoms with Gasteiger partial charge in [0.1, 0.15) is 5.82 Å². The maximum absolute atomic E-state index is 11.2. The first kappa shape index (κ1) is 11.5. The number of carbonyl (C=O) groups is 1. The normalized spacial score (nSPS) is 9.67. The maximum Gasteiger partial charge on any atom is 0.227 e. The second kappa shape index (κ2) is 5.35. The van der Waals surface area contributed by atoms with E-state index in [0.717, 1.165) is 5.69 Å². The van der Waals surface area contributed by atoms with E-state index in [2.05, 4.69) is 27.5 Å². The van der Waals surface area contributed by atoms with Crippen LogP contribution in [0.2, 0.25) is 0 Å². The molecule has 0 fully saturated rings. The minimum absolute atomic E-state index is 0.0688. The number of nitrogens with zero attached hydrogens (tertiary/aromatic N) is 2. The summed E-state index contributed by atoms with van der Waals surface area (Å²) in [5.41, 5.74) is 5.99. The van der Waals surface area contributed by atoms with Crippen molar-refractivity contribution in [1.82, 2.24) is 15.3 Å². The summed E-state index contributed by atoms with van der Waals surface area (Å²) in [5.74, 6) is 0.481. The van der Waals surface area contributed by atoms with Gasteiger partial charge in [0, 0.05) is 6.20 Å². The van der Waals surface area contributed by atoms with Crippen molar-refractivity contribution in [3.8, 4) is 0 Å². The monoisotopic (exact) mass is 224 g/mol. The maximum atomic E-state index is 11.2. The van der Waals surface area contributed by atoms with Crippen molar-refractivity contribution in [2.75, 3.05) is 0 Å². The van der Waals surface area contributed by atoms with E-state index in [1.165, 1.54) is 0 Å². The van der Waals surface area contributed by atoms with Gasteiger partial charge in [0.25, 0.3) is 0 Å². The second-order valence-corrected chi connectivity index (χ2v) is 3.54. The Morgan fingerprint density at radius 2 is 2.40 bits per heavy atom. The van der Waals surface area contributed by atoms with E-state index in [1.807, 2.05) is 0 Å². The number of aromatic nitrogens is 2. The topological polar surface area (TPSA) is 80.9 Å². The molecule has 0 aromatic carbocycles. The summed E-state index contributed by atoms with van der Waals surface area (Å²) in [4.78, 5) is 19.5. The molecule has 1 aromatic rings. The molecule has 1 aromatic heterocycles. The van der Waals surface area contributed by atoms with Gasteiger partial charge in [0.15, 0.2) is 0 Å². The van der Waals surface area contributed by atoms with Crippen LogP contribution in [-0.2, 0) is 11.3 Å². The Hall–Kier alpha value is -1.56. The molecule has 0 unspecified atom stereocenters. The highest BCUT2D eigenvalue weighted by molar-refractivity contribution is 7.80. The Morgan fingerprint density at radius 3 is 3.00 bits per heavy atom. The van der Waals surface area contributed by atoms with Gasteiger partial charge in [-0.15, -0.1) is 0 Å². The zero-order valence-electron chi connectivity index (χ0n) is 8.36. The predicted octanol–water partition coefficient (Wildman–Crippen LogP) is 0.0774. The molecule has 1 amide bonds. The van der Waals surface area contributed by atoms with Crippen LogP contribution in [0.1, 0.15) is 17.9 Å². The van der Waals surface area contributed by atoms with Crippen molar-refractivity contribution in [2.45, 2.75) is 19.9 Å². The smallest absolute Gasteiger partial charge is 0.227 e. The van der Waals surface area contributed by atoms with E-state index < -0.39 is 0 Å². The van der Waals surface area contributed by atoms with Gasteiger partial charge in [-0.05, 0) is 13.0 Å². The number of nitrogens with one attached hydrogen (secondary N) is 1. The third kappa shape index (κ3) is 4.46. The fraction of sp³-hybridized carbons (Fsp3) is 0.333. The SMILES string of the molecule is Cc1nccc(CNC(=O)CC(N)=S)n1. The van der Waals surface area contributed by atoms with Crippen LogP contribution in [0.5, 0.6) is 0 Å². The number of thiocarbonyl (C=S) groups is 1. The van der Waals surface area contributed by atoms with Crippen molar-refractivity contribution in [1.29, 1.82) is 0 Å². The molecule has 0 saturated heterocycles. The fourth-order valence-electron chi connectivity index (χ4n) is 1.01. The molecule has 80 valence electrons. The lowest BCUT2D eigenvalue weighted by Gasteiger charge is -2.04. The average molecular weight is 224 g/mol. The van der Waals surface area contributed by atoms with Crippen LogP contribution in [0.15, 0.2) is 12.3 Å².